The summed E-state index contributed by atoms with van der Waals surface area (Å²) in [6, 6.07) is 11.4. The maximum atomic E-state index is 13.9. The first-order valence-corrected chi connectivity index (χ1v) is 8.12. The largest absolute Gasteiger partial charge is 0.508 e. The van der Waals surface area contributed by atoms with E-state index in [4.69, 9.17) is 0 Å². The molecule has 1 aliphatic heterocycles. The van der Waals surface area contributed by atoms with Gasteiger partial charge >= 0.3 is 0 Å². The van der Waals surface area contributed by atoms with Crippen molar-refractivity contribution in [2.75, 3.05) is 31.1 Å². The summed E-state index contributed by atoms with van der Waals surface area (Å²) in [4.78, 5) is 16.3. The topological polar surface area (TPSA) is 43.8 Å². The second-order valence-corrected chi connectivity index (χ2v) is 6.34. The molecule has 3 rings (SSSR count). The lowest BCUT2D eigenvalue weighted by Crippen LogP contribution is -2.49. The quantitative estimate of drug-likeness (QED) is 0.871. The van der Waals surface area contributed by atoms with Crippen molar-refractivity contribution in [3.05, 3.63) is 58.3 Å². The van der Waals surface area contributed by atoms with Crippen LogP contribution in [0.15, 0.2) is 46.9 Å². The van der Waals surface area contributed by atoms with Crippen LogP contribution in [0.2, 0.25) is 0 Å². The standard InChI is InChI=1S/C17H16BrFN2O2/c18-12-1-6-16(19)15(11-12)17(23)21-9-7-20(8-10-21)13-2-4-14(22)5-3-13/h1-6,11,22H,7-10H2. The molecule has 1 amide bonds. The molecule has 0 spiro atoms. The van der Waals surface area contributed by atoms with Crippen LogP contribution in [0.1, 0.15) is 10.4 Å². The Balaban J connectivity index is 1.67. The van der Waals surface area contributed by atoms with Gasteiger partial charge in [-0.3, -0.25) is 4.79 Å². The lowest BCUT2D eigenvalue weighted by molar-refractivity contribution is 0.0742. The molecule has 1 fully saturated rings. The highest BCUT2D eigenvalue weighted by Gasteiger charge is 2.24. The van der Waals surface area contributed by atoms with E-state index < -0.39 is 5.82 Å². The van der Waals surface area contributed by atoms with Crippen molar-refractivity contribution in [3.8, 4) is 5.75 Å². The van der Waals surface area contributed by atoms with Crippen molar-refractivity contribution in [3.63, 3.8) is 0 Å². The molecule has 4 nitrogen and oxygen atoms in total. The van der Waals surface area contributed by atoms with Crippen LogP contribution in [0.25, 0.3) is 0 Å². The summed E-state index contributed by atoms with van der Waals surface area (Å²) in [5.41, 5.74) is 1.10. The first-order valence-electron chi connectivity index (χ1n) is 7.33. The van der Waals surface area contributed by atoms with E-state index in [2.05, 4.69) is 20.8 Å². The Labute approximate surface area is 142 Å². The van der Waals surface area contributed by atoms with E-state index in [9.17, 15) is 14.3 Å². The fourth-order valence-electron chi connectivity index (χ4n) is 2.66. The zero-order chi connectivity index (χ0) is 16.4. The van der Waals surface area contributed by atoms with E-state index in [0.717, 1.165) is 5.69 Å². The van der Waals surface area contributed by atoms with Crippen molar-refractivity contribution in [2.45, 2.75) is 0 Å². The molecule has 0 atom stereocenters. The highest BCUT2D eigenvalue weighted by molar-refractivity contribution is 9.10. The van der Waals surface area contributed by atoms with Crippen LogP contribution in [0.5, 0.6) is 5.75 Å². The summed E-state index contributed by atoms with van der Waals surface area (Å²) in [6.45, 7) is 2.41. The zero-order valence-electron chi connectivity index (χ0n) is 12.4. The molecule has 1 aliphatic rings. The third-order valence-corrected chi connectivity index (χ3v) is 4.43. The van der Waals surface area contributed by atoms with Crippen LogP contribution in [-0.4, -0.2) is 42.1 Å². The first kappa shape index (κ1) is 15.8. The van der Waals surface area contributed by atoms with Crippen LogP contribution < -0.4 is 4.90 Å². The van der Waals surface area contributed by atoms with E-state index in [1.165, 1.54) is 12.1 Å². The average Bonchev–Trinajstić information content (AvgIpc) is 2.57. The van der Waals surface area contributed by atoms with Gasteiger partial charge in [-0.15, -0.1) is 0 Å². The molecule has 0 radical (unpaired) electrons. The second kappa shape index (κ2) is 6.58. The number of halogens is 2. The van der Waals surface area contributed by atoms with Gasteiger partial charge in [-0.05, 0) is 42.5 Å². The molecule has 6 heteroatoms. The summed E-state index contributed by atoms with van der Waals surface area (Å²) in [5.74, 6) is -0.555. The number of carbonyl (C=O) groups excluding carboxylic acids is 1. The molecule has 0 aromatic heterocycles. The molecule has 0 unspecified atom stereocenters. The minimum absolute atomic E-state index is 0.0949. The van der Waals surface area contributed by atoms with Gasteiger partial charge in [0.15, 0.2) is 0 Å². The predicted molar refractivity (Wildman–Crippen MR) is 90.3 cm³/mol. The Kier molecular flexibility index (Phi) is 4.52. The molecule has 1 saturated heterocycles. The number of carbonyl (C=O) groups is 1. The summed E-state index contributed by atoms with van der Waals surface area (Å²) in [5, 5.41) is 9.33. The summed E-state index contributed by atoms with van der Waals surface area (Å²) >= 11 is 3.27. The molecule has 23 heavy (non-hydrogen) atoms. The van der Waals surface area contributed by atoms with Crippen LogP contribution in [0.4, 0.5) is 10.1 Å². The molecule has 0 saturated carbocycles. The van der Waals surface area contributed by atoms with Gasteiger partial charge in [-0.1, -0.05) is 15.9 Å². The van der Waals surface area contributed by atoms with Crippen molar-refractivity contribution in [2.24, 2.45) is 0 Å². The highest BCUT2D eigenvalue weighted by atomic mass is 79.9. The number of anilines is 1. The lowest BCUT2D eigenvalue weighted by Gasteiger charge is -2.36. The van der Waals surface area contributed by atoms with E-state index in [0.29, 0.717) is 30.7 Å². The number of amides is 1. The second-order valence-electron chi connectivity index (χ2n) is 5.42. The van der Waals surface area contributed by atoms with Crippen molar-refractivity contribution in [1.82, 2.24) is 4.90 Å². The maximum absolute atomic E-state index is 13.9. The van der Waals surface area contributed by atoms with Gasteiger partial charge in [0.05, 0.1) is 5.56 Å². The summed E-state index contributed by atoms with van der Waals surface area (Å²) in [7, 11) is 0. The van der Waals surface area contributed by atoms with Crippen LogP contribution >= 0.6 is 15.9 Å². The monoisotopic (exact) mass is 378 g/mol. The number of piperazine rings is 1. The SMILES string of the molecule is O=C(c1cc(Br)ccc1F)N1CCN(c2ccc(O)cc2)CC1. The Bertz CT molecular complexity index is 713. The Morgan fingerprint density at radius 2 is 1.70 bits per heavy atom. The summed E-state index contributed by atoms with van der Waals surface area (Å²) in [6.07, 6.45) is 0. The van der Waals surface area contributed by atoms with Crippen molar-refractivity contribution in [1.29, 1.82) is 0 Å². The normalized spacial score (nSPS) is 14.9. The van der Waals surface area contributed by atoms with Gasteiger partial charge < -0.3 is 14.9 Å². The molecule has 0 bridgehead atoms. The van der Waals surface area contributed by atoms with Gasteiger partial charge in [0, 0.05) is 36.3 Å². The highest BCUT2D eigenvalue weighted by Crippen LogP contribution is 2.22. The van der Waals surface area contributed by atoms with Crippen molar-refractivity contribution >= 4 is 27.5 Å². The third-order valence-electron chi connectivity index (χ3n) is 3.94. The van der Waals surface area contributed by atoms with E-state index in [1.807, 2.05) is 12.1 Å². The van der Waals surface area contributed by atoms with E-state index in [1.54, 1.807) is 23.1 Å². The van der Waals surface area contributed by atoms with Gasteiger partial charge in [0.2, 0.25) is 0 Å². The van der Waals surface area contributed by atoms with Gasteiger partial charge in [-0.2, -0.15) is 0 Å². The number of benzene rings is 2. The number of nitrogens with zero attached hydrogens (tertiary/aromatic N) is 2. The molecular formula is C17H16BrFN2O2. The van der Waals surface area contributed by atoms with Crippen molar-refractivity contribution < 1.29 is 14.3 Å². The third kappa shape index (κ3) is 3.47. The van der Waals surface area contributed by atoms with Crippen LogP contribution in [0, 0.1) is 5.82 Å². The van der Waals surface area contributed by atoms with E-state index in [-0.39, 0.29) is 17.2 Å². The average molecular weight is 379 g/mol. The minimum atomic E-state index is -0.501. The number of phenolic OH excluding ortho intramolecular Hbond substituents is 1. The molecular weight excluding hydrogens is 363 g/mol. The Hall–Kier alpha value is -2.08. The smallest absolute Gasteiger partial charge is 0.256 e. The Morgan fingerprint density at radius 1 is 1.04 bits per heavy atom. The molecule has 120 valence electrons. The molecule has 0 aliphatic carbocycles. The molecule has 2 aromatic carbocycles. The summed E-state index contributed by atoms with van der Waals surface area (Å²) < 4.78 is 14.5. The minimum Gasteiger partial charge on any atom is -0.508 e. The lowest BCUT2D eigenvalue weighted by atomic mass is 10.1. The van der Waals surface area contributed by atoms with Crippen LogP contribution in [-0.2, 0) is 0 Å². The Morgan fingerprint density at radius 3 is 2.35 bits per heavy atom. The van der Waals surface area contributed by atoms with Gasteiger partial charge in [0.1, 0.15) is 11.6 Å². The molecule has 1 heterocycles. The predicted octanol–water partition coefficient (Wildman–Crippen LogP) is 3.26. The number of hydrogen-bond donors (Lipinski definition) is 1. The van der Waals surface area contributed by atoms with Crippen LogP contribution in [0.3, 0.4) is 0 Å². The number of hydrogen-bond acceptors (Lipinski definition) is 3. The molecule has 2 aromatic rings. The maximum Gasteiger partial charge on any atom is 0.256 e. The number of phenols is 1. The van der Waals surface area contributed by atoms with Gasteiger partial charge in [0.25, 0.3) is 5.91 Å². The van der Waals surface area contributed by atoms with Gasteiger partial charge in [-0.25, -0.2) is 4.39 Å². The number of rotatable bonds is 2. The van der Waals surface area contributed by atoms with E-state index >= 15 is 0 Å². The first-order chi connectivity index (χ1) is 11.0. The number of aromatic hydroxyl groups is 1. The zero-order valence-corrected chi connectivity index (χ0v) is 14.0. The fourth-order valence-corrected chi connectivity index (χ4v) is 3.02. The molecule has 1 N–H and O–H groups in total. The fraction of sp³-hybridized carbons (Fsp3) is 0.235.